The second-order valence-corrected chi connectivity index (χ2v) is 6.48. The lowest BCUT2D eigenvalue weighted by Crippen LogP contribution is -1.97. The first-order chi connectivity index (χ1) is 9.61. The average molecular weight is 331 g/mol. The lowest BCUT2D eigenvalue weighted by molar-refractivity contribution is 0.795. The Morgan fingerprint density at radius 3 is 2.30 bits per heavy atom. The van der Waals surface area contributed by atoms with Crippen LogP contribution in [0, 0.1) is 13.8 Å². The van der Waals surface area contributed by atoms with Gasteiger partial charge in [-0.05, 0) is 48.9 Å². The summed E-state index contributed by atoms with van der Waals surface area (Å²) < 4.78 is 0. The molecule has 1 atom stereocenters. The van der Waals surface area contributed by atoms with Crippen LogP contribution in [-0.2, 0) is 6.42 Å². The Kier molecular flexibility index (Phi) is 5.42. The van der Waals surface area contributed by atoms with Crippen LogP contribution in [-0.4, -0.2) is 0 Å². The van der Waals surface area contributed by atoms with E-state index in [2.05, 4.69) is 79.2 Å². The van der Waals surface area contributed by atoms with Crippen molar-refractivity contribution in [3.05, 3.63) is 70.3 Å². The molecule has 0 aliphatic carbocycles. The molecule has 0 aliphatic heterocycles. The molecule has 0 spiro atoms. The van der Waals surface area contributed by atoms with Gasteiger partial charge in [-0.1, -0.05) is 77.3 Å². The molecule has 0 saturated carbocycles. The van der Waals surface area contributed by atoms with E-state index in [-0.39, 0.29) is 4.83 Å². The normalized spacial score (nSPS) is 12.4. The Morgan fingerprint density at radius 2 is 1.70 bits per heavy atom. The van der Waals surface area contributed by atoms with Gasteiger partial charge in [0.2, 0.25) is 0 Å². The standard InChI is InChI=1S/C19H23Br/c1-4-5-6-16-8-10-17(11-9-16)19(20)18-12-7-14(2)13-15(18)3/h7-13,19H,4-6H2,1-3H3. The number of hydrogen-bond acceptors (Lipinski definition) is 0. The van der Waals surface area contributed by atoms with E-state index in [1.54, 1.807) is 0 Å². The van der Waals surface area contributed by atoms with E-state index in [0.717, 1.165) is 0 Å². The zero-order valence-electron chi connectivity index (χ0n) is 12.6. The van der Waals surface area contributed by atoms with E-state index < -0.39 is 0 Å². The van der Waals surface area contributed by atoms with Crippen molar-refractivity contribution in [2.24, 2.45) is 0 Å². The van der Waals surface area contributed by atoms with E-state index in [1.165, 1.54) is 47.1 Å². The Bertz CT molecular complexity index is 554. The van der Waals surface area contributed by atoms with Crippen molar-refractivity contribution in [3.8, 4) is 0 Å². The highest BCUT2D eigenvalue weighted by atomic mass is 79.9. The fourth-order valence-electron chi connectivity index (χ4n) is 2.52. The van der Waals surface area contributed by atoms with E-state index in [0.29, 0.717) is 0 Å². The summed E-state index contributed by atoms with van der Waals surface area (Å²) in [5.74, 6) is 0. The molecule has 0 heterocycles. The van der Waals surface area contributed by atoms with Crippen LogP contribution < -0.4 is 0 Å². The summed E-state index contributed by atoms with van der Waals surface area (Å²) in [5, 5.41) is 0. The minimum atomic E-state index is 0.281. The molecule has 2 aromatic rings. The number of aryl methyl sites for hydroxylation is 3. The van der Waals surface area contributed by atoms with Crippen molar-refractivity contribution in [3.63, 3.8) is 0 Å². The minimum Gasteiger partial charge on any atom is -0.0786 e. The Labute approximate surface area is 131 Å². The fraction of sp³-hybridized carbons (Fsp3) is 0.368. The first-order valence-electron chi connectivity index (χ1n) is 7.42. The summed E-state index contributed by atoms with van der Waals surface area (Å²) in [6.45, 7) is 6.57. The van der Waals surface area contributed by atoms with Crippen LogP contribution in [0.1, 0.15) is 52.4 Å². The highest BCUT2D eigenvalue weighted by Crippen LogP contribution is 2.33. The monoisotopic (exact) mass is 330 g/mol. The van der Waals surface area contributed by atoms with Crippen LogP contribution in [0.2, 0.25) is 0 Å². The molecule has 1 unspecified atom stereocenters. The van der Waals surface area contributed by atoms with Crippen molar-refractivity contribution >= 4 is 15.9 Å². The summed E-state index contributed by atoms with van der Waals surface area (Å²) >= 11 is 3.85. The molecule has 0 amide bonds. The molecule has 106 valence electrons. The number of alkyl halides is 1. The number of benzene rings is 2. The Morgan fingerprint density at radius 1 is 1.00 bits per heavy atom. The third-order valence-corrected chi connectivity index (χ3v) is 4.81. The fourth-order valence-corrected chi connectivity index (χ4v) is 3.34. The van der Waals surface area contributed by atoms with Crippen LogP contribution in [0.15, 0.2) is 42.5 Å². The summed E-state index contributed by atoms with van der Waals surface area (Å²) in [7, 11) is 0. The molecule has 0 N–H and O–H groups in total. The van der Waals surface area contributed by atoms with Gasteiger partial charge >= 0.3 is 0 Å². The number of unbranched alkanes of at least 4 members (excludes halogenated alkanes) is 1. The smallest absolute Gasteiger partial charge is 0.0647 e. The van der Waals surface area contributed by atoms with E-state index in [1.807, 2.05) is 0 Å². The molecule has 0 aromatic heterocycles. The van der Waals surface area contributed by atoms with Gasteiger partial charge in [-0.15, -0.1) is 0 Å². The lowest BCUT2D eigenvalue weighted by Gasteiger charge is -2.15. The van der Waals surface area contributed by atoms with Gasteiger partial charge in [-0.2, -0.15) is 0 Å². The van der Waals surface area contributed by atoms with E-state index in [9.17, 15) is 0 Å². The molecular weight excluding hydrogens is 308 g/mol. The van der Waals surface area contributed by atoms with Crippen molar-refractivity contribution in [1.29, 1.82) is 0 Å². The van der Waals surface area contributed by atoms with Gasteiger partial charge in [-0.3, -0.25) is 0 Å². The zero-order chi connectivity index (χ0) is 14.5. The van der Waals surface area contributed by atoms with Gasteiger partial charge in [0.05, 0.1) is 4.83 Å². The predicted octanol–water partition coefficient (Wildman–Crippen LogP) is 6.13. The second-order valence-electron chi connectivity index (χ2n) is 5.57. The zero-order valence-corrected chi connectivity index (χ0v) is 14.2. The summed E-state index contributed by atoms with van der Waals surface area (Å²) in [6, 6.07) is 15.7. The summed E-state index contributed by atoms with van der Waals surface area (Å²) in [6.07, 6.45) is 3.72. The topological polar surface area (TPSA) is 0 Å². The third kappa shape index (κ3) is 3.73. The maximum Gasteiger partial charge on any atom is 0.0647 e. The van der Waals surface area contributed by atoms with Crippen LogP contribution >= 0.6 is 15.9 Å². The van der Waals surface area contributed by atoms with Crippen LogP contribution in [0.25, 0.3) is 0 Å². The first-order valence-corrected chi connectivity index (χ1v) is 8.33. The largest absolute Gasteiger partial charge is 0.0786 e. The maximum absolute atomic E-state index is 3.85. The van der Waals surface area contributed by atoms with Crippen molar-refractivity contribution in [1.82, 2.24) is 0 Å². The molecule has 0 radical (unpaired) electrons. The van der Waals surface area contributed by atoms with Gasteiger partial charge in [-0.25, -0.2) is 0 Å². The van der Waals surface area contributed by atoms with Gasteiger partial charge in [0.25, 0.3) is 0 Å². The third-order valence-electron chi connectivity index (χ3n) is 3.79. The average Bonchev–Trinajstić information content (AvgIpc) is 2.45. The molecule has 20 heavy (non-hydrogen) atoms. The van der Waals surface area contributed by atoms with Crippen LogP contribution in [0.3, 0.4) is 0 Å². The SMILES string of the molecule is CCCCc1ccc(C(Br)c2ccc(C)cc2C)cc1. The van der Waals surface area contributed by atoms with Crippen LogP contribution in [0.4, 0.5) is 0 Å². The van der Waals surface area contributed by atoms with Crippen molar-refractivity contribution < 1.29 is 0 Å². The second kappa shape index (κ2) is 7.08. The molecule has 0 saturated heterocycles. The molecule has 2 rings (SSSR count). The molecule has 0 nitrogen and oxygen atoms in total. The molecule has 2 aromatic carbocycles. The maximum atomic E-state index is 3.85. The van der Waals surface area contributed by atoms with Gasteiger partial charge in [0, 0.05) is 0 Å². The highest BCUT2D eigenvalue weighted by Gasteiger charge is 2.12. The van der Waals surface area contributed by atoms with Crippen LogP contribution in [0.5, 0.6) is 0 Å². The highest BCUT2D eigenvalue weighted by molar-refractivity contribution is 9.09. The summed E-state index contributed by atoms with van der Waals surface area (Å²) in [5.41, 5.74) is 6.80. The molecule has 0 fully saturated rings. The van der Waals surface area contributed by atoms with E-state index in [4.69, 9.17) is 0 Å². The Hall–Kier alpha value is -1.08. The van der Waals surface area contributed by atoms with Crippen molar-refractivity contribution in [2.45, 2.75) is 44.9 Å². The van der Waals surface area contributed by atoms with Gasteiger partial charge in [0.1, 0.15) is 0 Å². The minimum absolute atomic E-state index is 0.281. The van der Waals surface area contributed by atoms with E-state index >= 15 is 0 Å². The number of rotatable bonds is 5. The van der Waals surface area contributed by atoms with Gasteiger partial charge < -0.3 is 0 Å². The predicted molar refractivity (Wildman–Crippen MR) is 91.7 cm³/mol. The molecule has 0 bridgehead atoms. The molecular formula is C19H23Br. The Balaban J connectivity index is 2.18. The molecule has 1 heteroatoms. The van der Waals surface area contributed by atoms with Crippen molar-refractivity contribution in [2.75, 3.05) is 0 Å². The summed E-state index contributed by atoms with van der Waals surface area (Å²) in [4.78, 5) is 0.281. The van der Waals surface area contributed by atoms with Gasteiger partial charge in [0.15, 0.2) is 0 Å². The molecule has 0 aliphatic rings. The first kappa shape index (κ1) is 15.3. The number of hydrogen-bond donors (Lipinski definition) is 0. The lowest BCUT2D eigenvalue weighted by atomic mass is 9.97. The number of halogens is 1. The quantitative estimate of drug-likeness (QED) is 0.578.